The number of hydrogen-bond acceptors (Lipinski definition) is 3. The largest absolute Gasteiger partial charge is 0.392 e. The molecule has 2 aromatic rings. The maximum Gasteiger partial charge on any atom is 0.0690 e. The Hall–Kier alpha value is -0.780. The van der Waals surface area contributed by atoms with Crippen molar-refractivity contribution in [1.29, 1.82) is 0 Å². The van der Waals surface area contributed by atoms with Crippen LogP contribution in [0.3, 0.4) is 0 Å². The number of aliphatic hydroxyl groups is 1. The molecular weight excluding hydrogens is 348 g/mol. The first-order chi connectivity index (χ1) is 10.1. The molecule has 1 aromatic heterocycles. The Bertz CT molecular complexity index is 573. The van der Waals surface area contributed by atoms with E-state index in [0.717, 1.165) is 21.5 Å². The van der Waals surface area contributed by atoms with Gasteiger partial charge in [-0.2, -0.15) is 5.10 Å². The van der Waals surface area contributed by atoms with Crippen LogP contribution in [0, 0.1) is 0 Å². The summed E-state index contributed by atoms with van der Waals surface area (Å²) in [7, 11) is 0. The Labute approximate surface area is 138 Å². The van der Waals surface area contributed by atoms with Crippen molar-refractivity contribution in [2.24, 2.45) is 0 Å². The van der Waals surface area contributed by atoms with Gasteiger partial charge in [-0.3, -0.25) is 4.68 Å². The zero-order valence-electron chi connectivity index (χ0n) is 12.4. The van der Waals surface area contributed by atoms with Gasteiger partial charge >= 0.3 is 0 Å². The summed E-state index contributed by atoms with van der Waals surface area (Å²) in [6.45, 7) is 4.30. The minimum Gasteiger partial charge on any atom is -0.392 e. The van der Waals surface area contributed by atoms with E-state index < -0.39 is 0 Å². The topological polar surface area (TPSA) is 38.0 Å². The van der Waals surface area contributed by atoms with Gasteiger partial charge in [0.2, 0.25) is 0 Å². The van der Waals surface area contributed by atoms with Crippen molar-refractivity contribution in [3.05, 3.63) is 46.7 Å². The highest BCUT2D eigenvalue weighted by Gasteiger charge is 2.10. The summed E-state index contributed by atoms with van der Waals surface area (Å²) in [6, 6.07) is 10.5. The summed E-state index contributed by atoms with van der Waals surface area (Å²) in [5.74, 6) is 0.673. The number of rotatable bonds is 7. The van der Waals surface area contributed by atoms with Crippen LogP contribution in [-0.2, 0) is 6.42 Å². The molecule has 21 heavy (non-hydrogen) atoms. The van der Waals surface area contributed by atoms with Gasteiger partial charge in [0.1, 0.15) is 0 Å². The Morgan fingerprint density at radius 2 is 2.19 bits per heavy atom. The van der Waals surface area contributed by atoms with Crippen LogP contribution >= 0.6 is 27.7 Å². The third-order valence-electron chi connectivity index (χ3n) is 3.39. The van der Waals surface area contributed by atoms with E-state index in [-0.39, 0.29) is 6.10 Å². The number of hydrogen-bond donors (Lipinski definition) is 1. The molecule has 0 aliphatic carbocycles. The Morgan fingerprint density at radius 3 is 2.90 bits per heavy atom. The predicted octanol–water partition coefficient (Wildman–Crippen LogP) is 4.31. The Kier molecular flexibility index (Phi) is 6.33. The molecule has 1 heterocycles. The number of aromatic nitrogens is 2. The van der Waals surface area contributed by atoms with Crippen LogP contribution in [0.5, 0.6) is 0 Å². The number of nitrogens with zero attached hydrogens (tertiary/aromatic N) is 2. The minimum atomic E-state index is -0.380. The molecule has 0 spiro atoms. The lowest BCUT2D eigenvalue weighted by molar-refractivity contribution is 0.198. The zero-order valence-corrected chi connectivity index (χ0v) is 14.8. The molecule has 0 saturated heterocycles. The summed E-state index contributed by atoms with van der Waals surface area (Å²) in [4.78, 5) is 1.16. The molecule has 0 aliphatic rings. The average Bonchev–Trinajstić information content (AvgIpc) is 2.93. The second-order valence-electron chi connectivity index (χ2n) is 5.17. The quantitative estimate of drug-likeness (QED) is 0.739. The van der Waals surface area contributed by atoms with Gasteiger partial charge in [-0.25, -0.2) is 0 Å². The van der Waals surface area contributed by atoms with Gasteiger partial charge in [0.05, 0.1) is 11.8 Å². The molecule has 2 atom stereocenters. The number of thioether (sulfide) groups is 1. The molecule has 114 valence electrons. The fourth-order valence-electron chi connectivity index (χ4n) is 1.97. The standard InChI is InChI=1S/C16H21BrN2OS/c1-3-12(2)19-8-7-14(18-19)10-15(20)11-21-16-6-4-5-13(17)9-16/h4-9,12,15,20H,3,10-11H2,1-2H3. The molecule has 2 rings (SSSR count). The van der Waals surface area contributed by atoms with Crippen molar-refractivity contribution in [3.63, 3.8) is 0 Å². The monoisotopic (exact) mass is 368 g/mol. The number of benzene rings is 1. The minimum absolute atomic E-state index is 0.380. The zero-order chi connectivity index (χ0) is 15.2. The first-order valence-electron chi connectivity index (χ1n) is 7.19. The number of halogens is 1. The average molecular weight is 369 g/mol. The van der Waals surface area contributed by atoms with Crippen LogP contribution in [0.15, 0.2) is 45.9 Å². The summed E-state index contributed by atoms with van der Waals surface area (Å²) in [5, 5.41) is 14.7. The van der Waals surface area contributed by atoms with Gasteiger partial charge in [-0.1, -0.05) is 28.9 Å². The van der Waals surface area contributed by atoms with Crippen molar-refractivity contribution in [1.82, 2.24) is 9.78 Å². The Balaban J connectivity index is 1.84. The molecule has 5 heteroatoms. The van der Waals surface area contributed by atoms with Crippen LogP contribution in [0.1, 0.15) is 32.0 Å². The highest BCUT2D eigenvalue weighted by molar-refractivity contribution is 9.10. The van der Waals surface area contributed by atoms with E-state index in [1.54, 1.807) is 11.8 Å². The van der Waals surface area contributed by atoms with E-state index in [4.69, 9.17) is 0 Å². The predicted molar refractivity (Wildman–Crippen MR) is 91.8 cm³/mol. The summed E-state index contributed by atoms with van der Waals surface area (Å²) in [5.41, 5.74) is 0.956. The highest BCUT2D eigenvalue weighted by Crippen LogP contribution is 2.23. The highest BCUT2D eigenvalue weighted by atomic mass is 79.9. The van der Waals surface area contributed by atoms with Crippen molar-refractivity contribution < 1.29 is 5.11 Å². The fourth-order valence-corrected chi connectivity index (χ4v) is 3.41. The molecule has 2 unspecified atom stereocenters. The lowest BCUT2D eigenvalue weighted by Gasteiger charge is -2.10. The molecule has 3 nitrogen and oxygen atoms in total. The molecule has 0 saturated carbocycles. The number of aliphatic hydroxyl groups excluding tert-OH is 1. The lowest BCUT2D eigenvalue weighted by atomic mass is 10.2. The lowest BCUT2D eigenvalue weighted by Crippen LogP contribution is -2.14. The summed E-state index contributed by atoms with van der Waals surface area (Å²) in [6.07, 6.45) is 3.28. The second-order valence-corrected chi connectivity index (χ2v) is 7.18. The molecule has 0 bridgehead atoms. The van der Waals surface area contributed by atoms with Gasteiger partial charge in [-0.05, 0) is 37.6 Å². The third-order valence-corrected chi connectivity index (χ3v) is 5.02. The van der Waals surface area contributed by atoms with Gasteiger partial charge in [0.15, 0.2) is 0 Å². The Morgan fingerprint density at radius 1 is 1.38 bits per heavy atom. The van der Waals surface area contributed by atoms with E-state index in [0.29, 0.717) is 18.2 Å². The van der Waals surface area contributed by atoms with Crippen molar-refractivity contribution >= 4 is 27.7 Å². The summed E-state index contributed by atoms with van der Waals surface area (Å²) < 4.78 is 3.04. The fraction of sp³-hybridized carbons (Fsp3) is 0.438. The van der Waals surface area contributed by atoms with Crippen molar-refractivity contribution in [2.75, 3.05) is 5.75 Å². The van der Waals surface area contributed by atoms with Crippen molar-refractivity contribution in [2.45, 2.75) is 43.7 Å². The first-order valence-corrected chi connectivity index (χ1v) is 8.96. The molecule has 0 fully saturated rings. The maximum absolute atomic E-state index is 10.2. The SMILES string of the molecule is CCC(C)n1ccc(CC(O)CSc2cccc(Br)c2)n1. The van der Waals surface area contributed by atoms with Crippen LogP contribution in [-0.4, -0.2) is 26.7 Å². The molecule has 0 amide bonds. The second kappa shape index (κ2) is 8.01. The maximum atomic E-state index is 10.2. The van der Waals surface area contributed by atoms with Crippen LogP contribution in [0.25, 0.3) is 0 Å². The molecule has 0 aliphatic heterocycles. The van der Waals surface area contributed by atoms with Crippen LogP contribution in [0.4, 0.5) is 0 Å². The van der Waals surface area contributed by atoms with E-state index in [2.05, 4.69) is 47.0 Å². The third kappa shape index (κ3) is 5.16. The summed E-state index contributed by atoms with van der Waals surface area (Å²) >= 11 is 5.12. The van der Waals surface area contributed by atoms with E-state index in [9.17, 15) is 5.11 Å². The van der Waals surface area contributed by atoms with Gasteiger partial charge in [0, 0.05) is 33.8 Å². The van der Waals surface area contributed by atoms with E-state index in [1.165, 1.54) is 0 Å². The molecule has 0 radical (unpaired) electrons. The van der Waals surface area contributed by atoms with Crippen LogP contribution in [0.2, 0.25) is 0 Å². The molecule has 1 aromatic carbocycles. The van der Waals surface area contributed by atoms with Gasteiger partial charge in [0.25, 0.3) is 0 Å². The molecule has 1 N–H and O–H groups in total. The van der Waals surface area contributed by atoms with Gasteiger partial charge in [-0.15, -0.1) is 11.8 Å². The smallest absolute Gasteiger partial charge is 0.0690 e. The van der Waals surface area contributed by atoms with Crippen LogP contribution < -0.4 is 0 Å². The van der Waals surface area contributed by atoms with E-state index in [1.807, 2.05) is 29.1 Å². The van der Waals surface area contributed by atoms with Gasteiger partial charge < -0.3 is 5.11 Å². The molecular formula is C16H21BrN2OS. The van der Waals surface area contributed by atoms with Crippen molar-refractivity contribution in [3.8, 4) is 0 Å². The van der Waals surface area contributed by atoms with E-state index >= 15 is 0 Å². The normalized spacial score (nSPS) is 14.1. The first kappa shape index (κ1) is 16.6.